The van der Waals surface area contributed by atoms with Gasteiger partial charge in [0.05, 0.1) is 5.52 Å². The Balaban J connectivity index is 2.07. The maximum Gasteiger partial charge on any atom is 0.432 e. The Hall–Kier alpha value is -2.44. The summed E-state index contributed by atoms with van der Waals surface area (Å²) in [6, 6.07) is 8.11. The zero-order valence-electron chi connectivity index (χ0n) is 9.44. The molecule has 0 amide bonds. The number of aromatic amines is 1. The quantitative estimate of drug-likeness (QED) is 0.735. The molecular formula is C12H7F3N4. The number of alkyl halides is 3. The first-order valence-corrected chi connectivity index (χ1v) is 5.39. The number of hydrogen-bond acceptors (Lipinski definition) is 3. The van der Waals surface area contributed by atoms with Crippen LogP contribution in [0.15, 0.2) is 36.5 Å². The van der Waals surface area contributed by atoms with Crippen molar-refractivity contribution in [3.63, 3.8) is 0 Å². The van der Waals surface area contributed by atoms with Gasteiger partial charge in [-0.1, -0.05) is 18.2 Å². The second-order valence-corrected chi connectivity index (χ2v) is 3.92. The molecule has 0 atom stereocenters. The van der Waals surface area contributed by atoms with Crippen LogP contribution in [0.2, 0.25) is 0 Å². The third-order valence-electron chi connectivity index (χ3n) is 2.60. The minimum absolute atomic E-state index is 0.0677. The highest BCUT2D eigenvalue weighted by Crippen LogP contribution is 2.29. The van der Waals surface area contributed by atoms with E-state index >= 15 is 0 Å². The van der Waals surface area contributed by atoms with Crippen molar-refractivity contribution < 1.29 is 13.2 Å². The number of H-pyrrole nitrogens is 1. The minimum atomic E-state index is -4.46. The Bertz CT molecular complexity index is 733. The van der Waals surface area contributed by atoms with E-state index in [0.29, 0.717) is 5.52 Å². The number of aromatic nitrogens is 4. The normalized spacial score (nSPS) is 11.9. The van der Waals surface area contributed by atoms with Crippen molar-refractivity contribution in [1.29, 1.82) is 0 Å². The summed E-state index contributed by atoms with van der Waals surface area (Å²) >= 11 is 0. The van der Waals surface area contributed by atoms with Crippen LogP contribution in [0.5, 0.6) is 0 Å². The SMILES string of the molecule is FC(F)(F)c1cc(-c2ncc3ccccc3n2)n[nH]1. The van der Waals surface area contributed by atoms with Crippen LogP contribution in [-0.2, 0) is 6.18 Å². The van der Waals surface area contributed by atoms with Crippen LogP contribution >= 0.6 is 0 Å². The van der Waals surface area contributed by atoms with Crippen LogP contribution in [0.4, 0.5) is 13.2 Å². The highest BCUT2D eigenvalue weighted by molar-refractivity contribution is 5.79. The van der Waals surface area contributed by atoms with Crippen molar-refractivity contribution in [1.82, 2.24) is 20.2 Å². The number of hydrogen-bond donors (Lipinski definition) is 1. The third kappa shape index (κ3) is 2.14. The number of benzene rings is 1. The van der Waals surface area contributed by atoms with Crippen LogP contribution < -0.4 is 0 Å². The summed E-state index contributed by atoms with van der Waals surface area (Å²) in [6.07, 6.45) is -2.90. The molecule has 3 aromatic rings. The Kier molecular flexibility index (Phi) is 2.48. The number of fused-ring (bicyclic) bond motifs is 1. The van der Waals surface area contributed by atoms with Gasteiger partial charge < -0.3 is 0 Å². The van der Waals surface area contributed by atoms with E-state index in [1.54, 1.807) is 18.3 Å². The van der Waals surface area contributed by atoms with Gasteiger partial charge in [0, 0.05) is 11.6 Å². The highest BCUT2D eigenvalue weighted by Gasteiger charge is 2.33. The van der Waals surface area contributed by atoms with Crippen molar-refractivity contribution in [2.24, 2.45) is 0 Å². The fourth-order valence-electron chi connectivity index (χ4n) is 1.68. The Morgan fingerprint density at radius 3 is 2.63 bits per heavy atom. The molecule has 3 rings (SSSR count). The molecule has 0 bridgehead atoms. The Morgan fingerprint density at radius 1 is 1.11 bits per heavy atom. The first-order chi connectivity index (χ1) is 9.04. The van der Waals surface area contributed by atoms with Crippen LogP contribution in [0.3, 0.4) is 0 Å². The lowest BCUT2D eigenvalue weighted by Crippen LogP contribution is -2.04. The highest BCUT2D eigenvalue weighted by atomic mass is 19.4. The molecule has 0 spiro atoms. The molecule has 0 aliphatic carbocycles. The zero-order chi connectivity index (χ0) is 13.5. The van der Waals surface area contributed by atoms with E-state index in [1.807, 2.05) is 17.2 Å². The van der Waals surface area contributed by atoms with E-state index in [-0.39, 0.29) is 11.5 Å². The zero-order valence-corrected chi connectivity index (χ0v) is 9.44. The number of nitrogens with zero attached hydrogens (tertiary/aromatic N) is 3. The standard InChI is InChI=1S/C12H7F3N4/c13-12(14,15)10-5-9(18-19-10)11-16-6-7-3-1-2-4-8(7)17-11/h1-6H,(H,18,19). The summed E-state index contributed by atoms with van der Waals surface area (Å²) in [7, 11) is 0. The van der Waals surface area contributed by atoms with E-state index in [0.717, 1.165) is 11.5 Å². The van der Waals surface area contributed by atoms with Gasteiger partial charge in [-0.25, -0.2) is 9.97 Å². The maximum atomic E-state index is 12.5. The molecule has 2 heterocycles. The van der Waals surface area contributed by atoms with Gasteiger partial charge in [-0.05, 0) is 12.1 Å². The van der Waals surface area contributed by atoms with Gasteiger partial charge in [-0.2, -0.15) is 18.3 Å². The molecule has 7 heteroatoms. The second kappa shape index (κ2) is 4.04. The lowest BCUT2D eigenvalue weighted by Gasteiger charge is -2.00. The van der Waals surface area contributed by atoms with Gasteiger partial charge in [-0.3, -0.25) is 5.10 Å². The van der Waals surface area contributed by atoms with Crippen molar-refractivity contribution in [2.75, 3.05) is 0 Å². The molecule has 0 aliphatic heterocycles. The molecule has 0 saturated heterocycles. The van der Waals surface area contributed by atoms with E-state index in [1.165, 1.54) is 0 Å². The summed E-state index contributed by atoms with van der Waals surface area (Å²) < 4.78 is 37.4. The van der Waals surface area contributed by atoms with Crippen molar-refractivity contribution in [3.8, 4) is 11.5 Å². The molecule has 0 fully saturated rings. The maximum absolute atomic E-state index is 12.5. The first-order valence-electron chi connectivity index (χ1n) is 5.39. The van der Waals surface area contributed by atoms with Crippen LogP contribution in [0.25, 0.3) is 22.4 Å². The van der Waals surface area contributed by atoms with Gasteiger partial charge in [0.15, 0.2) is 5.82 Å². The first kappa shape index (κ1) is 11.6. The van der Waals surface area contributed by atoms with Gasteiger partial charge in [-0.15, -0.1) is 0 Å². The van der Waals surface area contributed by atoms with Gasteiger partial charge in [0.1, 0.15) is 11.4 Å². The summed E-state index contributed by atoms with van der Waals surface area (Å²) in [5.74, 6) is 0.158. The number of para-hydroxylation sites is 1. The van der Waals surface area contributed by atoms with Crippen molar-refractivity contribution in [3.05, 3.63) is 42.2 Å². The second-order valence-electron chi connectivity index (χ2n) is 3.92. The van der Waals surface area contributed by atoms with E-state index in [4.69, 9.17) is 0 Å². The van der Waals surface area contributed by atoms with E-state index in [2.05, 4.69) is 15.1 Å². The fourth-order valence-corrected chi connectivity index (χ4v) is 1.68. The molecule has 0 radical (unpaired) electrons. The van der Waals surface area contributed by atoms with Crippen molar-refractivity contribution in [2.45, 2.75) is 6.18 Å². The minimum Gasteiger partial charge on any atom is -0.273 e. The van der Waals surface area contributed by atoms with Gasteiger partial charge in [0.25, 0.3) is 0 Å². The molecule has 0 aliphatic rings. The lowest BCUT2D eigenvalue weighted by atomic mass is 10.2. The molecule has 96 valence electrons. The van der Waals surface area contributed by atoms with Crippen LogP contribution in [-0.4, -0.2) is 20.2 Å². The lowest BCUT2D eigenvalue weighted by molar-refractivity contribution is -0.141. The van der Waals surface area contributed by atoms with E-state index in [9.17, 15) is 13.2 Å². The summed E-state index contributed by atoms with van der Waals surface area (Å²) in [5.41, 5.74) is -0.193. The molecule has 19 heavy (non-hydrogen) atoms. The molecule has 2 aromatic heterocycles. The number of rotatable bonds is 1. The largest absolute Gasteiger partial charge is 0.432 e. The third-order valence-corrected chi connectivity index (χ3v) is 2.60. The molecule has 0 saturated carbocycles. The molecule has 1 aromatic carbocycles. The Labute approximate surface area is 105 Å². The fraction of sp³-hybridized carbons (Fsp3) is 0.0833. The smallest absolute Gasteiger partial charge is 0.273 e. The number of halogens is 3. The molecular weight excluding hydrogens is 257 g/mol. The van der Waals surface area contributed by atoms with Crippen LogP contribution in [0.1, 0.15) is 5.69 Å². The Morgan fingerprint density at radius 2 is 1.89 bits per heavy atom. The molecule has 4 nitrogen and oxygen atoms in total. The predicted molar refractivity (Wildman–Crippen MR) is 62.1 cm³/mol. The molecule has 1 N–H and O–H groups in total. The van der Waals surface area contributed by atoms with Crippen molar-refractivity contribution >= 4 is 10.9 Å². The summed E-state index contributed by atoms with van der Waals surface area (Å²) in [4.78, 5) is 8.19. The topological polar surface area (TPSA) is 54.5 Å². The van der Waals surface area contributed by atoms with E-state index < -0.39 is 11.9 Å². The monoisotopic (exact) mass is 264 g/mol. The average molecular weight is 264 g/mol. The van der Waals surface area contributed by atoms with Crippen LogP contribution in [0, 0.1) is 0 Å². The average Bonchev–Trinajstić information content (AvgIpc) is 2.87. The predicted octanol–water partition coefficient (Wildman–Crippen LogP) is 3.04. The molecule has 0 unspecified atom stereocenters. The summed E-state index contributed by atoms with van der Waals surface area (Å²) in [5, 5.41) is 6.34. The van der Waals surface area contributed by atoms with Gasteiger partial charge in [0.2, 0.25) is 0 Å². The number of nitrogens with one attached hydrogen (secondary N) is 1. The summed E-state index contributed by atoms with van der Waals surface area (Å²) in [6.45, 7) is 0. The van der Waals surface area contributed by atoms with Gasteiger partial charge >= 0.3 is 6.18 Å².